The van der Waals surface area contributed by atoms with Gasteiger partial charge in [-0.15, -0.1) is 5.10 Å². The molecule has 11 heteroatoms. The van der Waals surface area contributed by atoms with E-state index in [9.17, 15) is 17.6 Å². The molecule has 188 valence electrons. The van der Waals surface area contributed by atoms with Crippen molar-refractivity contribution in [2.75, 3.05) is 5.73 Å². The van der Waals surface area contributed by atoms with Crippen molar-refractivity contribution in [2.45, 2.75) is 33.1 Å². The van der Waals surface area contributed by atoms with Crippen LogP contribution in [0.15, 0.2) is 65.8 Å². The van der Waals surface area contributed by atoms with Crippen LogP contribution in [0.1, 0.15) is 36.5 Å². The van der Waals surface area contributed by atoms with E-state index in [-0.39, 0.29) is 24.5 Å². The first-order valence-corrected chi connectivity index (χ1v) is 11.7. The van der Waals surface area contributed by atoms with Crippen LogP contribution in [0.4, 0.5) is 23.4 Å². The number of hydrogen-bond acceptors (Lipinski definition) is 6. The summed E-state index contributed by atoms with van der Waals surface area (Å²) in [7, 11) is 0. The number of nitrogens with zero attached hydrogens (tertiary/aromatic N) is 5. The molecule has 0 fully saturated rings. The molecule has 2 N–H and O–H groups in total. The van der Waals surface area contributed by atoms with E-state index in [0.717, 1.165) is 11.5 Å². The molecule has 1 aromatic carbocycles. The molecule has 6 nitrogen and oxygen atoms in total. The number of aromatic nitrogens is 4. The molecular weight excluding hydrogens is 540 g/mol. The molecule has 0 bridgehead atoms. The highest BCUT2D eigenvalue weighted by atomic mass is 79.9. The average molecular weight is 563 g/mol. The third-order valence-corrected chi connectivity index (χ3v) is 5.68. The van der Waals surface area contributed by atoms with Crippen molar-refractivity contribution in [1.82, 2.24) is 25.1 Å². The molecule has 0 saturated carbocycles. The Kier molecular flexibility index (Phi) is 8.57. The van der Waals surface area contributed by atoms with Crippen LogP contribution in [0.25, 0.3) is 16.6 Å². The van der Waals surface area contributed by atoms with Crippen molar-refractivity contribution in [1.29, 1.82) is 0 Å². The lowest BCUT2D eigenvalue weighted by Crippen LogP contribution is -2.23. The lowest BCUT2D eigenvalue weighted by Gasteiger charge is -2.26. The van der Waals surface area contributed by atoms with E-state index in [2.05, 4.69) is 42.7 Å². The molecule has 3 aromatic heterocycles. The van der Waals surface area contributed by atoms with Crippen molar-refractivity contribution >= 4 is 38.3 Å². The first kappa shape index (κ1) is 27.0. The number of pyridine rings is 2. The number of nitrogens with two attached hydrogens (primary N) is 1. The first-order chi connectivity index (χ1) is 17.1. The van der Waals surface area contributed by atoms with Crippen molar-refractivity contribution in [3.63, 3.8) is 0 Å². The second-order valence-electron chi connectivity index (χ2n) is 7.41. The Morgan fingerprint density at radius 2 is 1.81 bits per heavy atom. The fourth-order valence-electron chi connectivity index (χ4n) is 3.28. The molecule has 4 aromatic rings. The third-order valence-electron chi connectivity index (χ3n) is 5.05. The average Bonchev–Trinajstić information content (AvgIpc) is 2.86. The van der Waals surface area contributed by atoms with Crippen LogP contribution in [0, 0.1) is 5.82 Å². The molecule has 3 heterocycles. The number of halogens is 5. The van der Waals surface area contributed by atoms with E-state index < -0.39 is 17.7 Å². The summed E-state index contributed by atoms with van der Waals surface area (Å²) in [5.41, 5.74) is 7.02. The standard InChI is InChI=1S/C23H17BrF4N6.C2H6/c1-13(14-4-6-19-15(9-14)10-17(24)22(29)31-19)34(12-20-18(25)3-2-8-30-20)11-16-5-7-21(33-32-16)23(26,27)28;1-2/h2-10H,1,11-12H2,(H2,29,31);1-2H3. The lowest BCUT2D eigenvalue weighted by atomic mass is 10.1. The summed E-state index contributed by atoms with van der Waals surface area (Å²) in [5, 5.41) is 7.76. The van der Waals surface area contributed by atoms with Gasteiger partial charge in [0, 0.05) is 17.3 Å². The quantitative estimate of drug-likeness (QED) is 0.266. The van der Waals surface area contributed by atoms with E-state index in [1.54, 1.807) is 17.0 Å². The van der Waals surface area contributed by atoms with Gasteiger partial charge in [0.2, 0.25) is 0 Å². The van der Waals surface area contributed by atoms with Gasteiger partial charge < -0.3 is 10.6 Å². The third kappa shape index (κ3) is 6.34. The number of alkyl halides is 3. The van der Waals surface area contributed by atoms with E-state index >= 15 is 0 Å². The maximum atomic E-state index is 14.3. The van der Waals surface area contributed by atoms with Gasteiger partial charge in [0.25, 0.3) is 0 Å². The lowest BCUT2D eigenvalue weighted by molar-refractivity contribution is -0.141. The molecule has 0 unspecified atom stereocenters. The minimum Gasteiger partial charge on any atom is -0.383 e. The normalized spacial score (nSPS) is 11.1. The Morgan fingerprint density at radius 1 is 1.06 bits per heavy atom. The molecule has 0 spiro atoms. The van der Waals surface area contributed by atoms with Crippen LogP contribution in [-0.2, 0) is 19.3 Å². The maximum absolute atomic E-state index is 14.3. The number of rotatable bonds is 6. The monoisotopic (exact) mass is 562 g/mol. The van der Waals surface area contributed by atoms with Crippen LogP contribution in [-0.4, -0.2) is 25.1 Å². The fourth-order valence-corrected chi connectivity index (χ4v) is 3.62. The highest BCUT2D eigenvalue weighted by molar-refractivity contribution is 9.10. The highest BCUT2D eigenvalue weighted by Crippen LogP contribution is 2.29. The minimum atomic E-state index is -4.59. The van der Waals surface area contributed by atoms with Crippen LogP contribution < -0.4 is 5.73 Å². The van der Waals surface area contributed by atoms with Gasteiger partial charge in [0.15, 0.2) is 5.69 Å². The predicted molar refractivity (Wildman–Crippen MR) is 135 cm³/mol. The second-order valence-corrected chi connectivity index (χ2v) is 8.26. The largest absolute Gasteiger partial charge is 0.435 e. The van der Waals surface area contributed by atoms with E-state index in [1.165, 1.54) is 24.4 Å². The summed E-state index contributed by atoms with van der Waals surface area (Å²) >= 11 is 3.36. The summed E-state index contributed by atoms with van der Waals surface area (Å²) in [6.45, 7) is 8.18. The van der Waals surface area contributed by atoms with Crippen molar-refractivity contribution in [3.8, 4) is 0 Å². The molecule has 0 aliphatic heterocycles. The van der Waals surface area contributed by atoms with Gasteiger partial charge >= 0.3 is 6.18 Å². The second kappa shape index (κ2) is 11.4. The van der Waals surface area contributed by atoms with Crippen LogP contribution in [0.3, 0.4) is 0 Å². The van der Waals surface area contributed by atoms with Gasteiger partial charge in [-0.25, -0.2) is 9.37 Å². The molecule has 0 aliphatic rings. The fraction of sp³-hybridized carbons (Fsp3) is 0.200. The van der Waals surface area contributed by atoms with Gasteiger partial charge in [0.1, 0.15) is 11.6 Å². The SMILES string of the molecule is C=C(c1ccc2nc(N)c(Br)cc2c1)N(Cc1ccc(C(F)(F)F)nn1)Cc1ncccc1F.CC. The molecule has 0 amide bonds. The van der Waals surface area contributed by atoms with Gasteiger partial charge in [-0.05, 0) is 64.0 Å². The summed E-state index contributed by atoms with van der Waals surface area (Å²) in [5.74, 6) is -0.159. The Labute approximate surface area is 214 Å². The maximum Gasteiger partial charge on any atom is 0.435 e. The van der Waals surface area contributed by atoms with Gasteiger partial charge in [-0.3, -0.25) is 4.98 Å². The van der Waals surface area contributed by atoms with Crippen molar-refractivity contribution in [2.24, 2.45) is 0 Å². The Morgan fingerprint density at radius 3 is 2.44 bits per heavy atom. The van der Waals surface area contributed by atoms with Gasteiger partial charge in [-0.2, -0.15) is 18.3 Å². The molecule has 0 saturated heterocycles. The zero-order valence-corrected chi connectivity index (χ0v) is 21.1. The number of benzene rings is 1. The minimum absolute atomic E-state index is 0.00985. The number of anilines is 1. The number of fused-ring (bicyclic) bond motifs is 1. The van der Waals surface area contributed by atoms with E-state index in [4.69, 9.17) is 5.73 Å². The number of hydrogen-bond donors (Lipinski definition) is 1. The summed E-state index contributed by atoms with van der Waals surface area (Å²) in [6, 6.07) is 12.1. The first-order valence-electron chi connectivity index (χ1n) is 10.9. The zero-order valence-electron chi connectivity index (χ0n) is 19.5. The van der Waals surface area contributed by atoms with Crippen molar-refractivity contribution in [3.05, 3.63) is 94.2 Å². The van der Waals surface area contributed by atoms with E-state index in [1.807, 2.05) is 26.0 Å². The molecule has 0 atom stereocenters. The molecule has 4 rings (SSSR count). The molecule has 0 radical (unpaired) electrons. The molecule has 36 heavy (non-hydrogen) atoms. The number of nitrogen functional groups attached to an aromatic ring is 1. The summed E-state index contributed by atoms with van der Waals surface area (Å²) in [4.78, 5) is 10.1. The smallest absolute Gasteiger partial charge is 0.383 e. The van der Waals surface area contributed by atoms with E-state index in [0.29, 0.717) is 27.1 Å². The van der Waals surface area contributed by atoms with Gasteiger partial charge in [0.05, 0.1) is 34.5 Å². The Hall–Kier alpha value is -3.60. The zero-order chi connectivity index (χ0) is 26.5. The molecular formula is C25H23BrF4N6. The van der Waals surface area contributed by atoms with Crippen LogP contribution >= 0.6 is 15.9 Å². The van der Waals surface area contributed by atoms with Crippen molar-refractivity contribution < 1.29 is 17.6 Å². The highest BCUT2D eigenvalue weighted by Gasteiger charge is 2.33. The summed E-state index contributed by atoms with van der Waals surface area (Å²) in [6.07, 6.45) is -3.14. The summed E-state index contributed by atoms with van der Waals surface area (Å²) < 4.78 is 53.5. The Balaban J connectivity index is 0.00000176. The predicted octanol–water partition coefficient (Wildman–Crippen LogP) is 6.62. The van der Waals surface area contributed by atoms with Gasteiger partial charge in [-0.1, -0.05) is 26.5 Å². The molecule has 0 aliphatic carbocycles. The topological polar surface area (TPSA) is 80.8 Å². The van der Waals surface area contributed by atoms with Crippen LogP contribution in [0.2, 0.25) is 0 Å². The van der Waals surface area contributed by atoms with Crippen LogP contribution in [0.5, 0.6) is 0 Å². The Bertz CT molecular complexity index is 1360.